The Morgan fingerprint density at radius 3 is 2.47 bits per heavy atom. The van der Waals surface area contributed by atoms with E-state index in [1.165, 1.54) is 23.3 Å². The minimum atomic E-state index is -0.833. The standard InChI is InChI=1S/C22H24ClN5O2/c23-20-18(7-8-19-21(20)24-25-28(19)14-16-1-2-16)17-5-3-15(4-6-17)13-26-9-11-27(12-10-26)22(29)30/h3-8,16H,1-2,9-14H2,(H,29,30). The van der Waals surface area contributed by atoms with Gasteiger partial charge in [0.1, 0.15) is 5.52 Å². The van der Waals surface area contributed by atoms with E-state index >= 15 is 0 Å². The molecule has 1 saturated heterocycles. The zero-order valence-electron chi connectivity index (χ0n) is 16.7. The molecule has 2 aliphatic rings. The van der Waals surface area contributed by atoms with Gasteiger partial charge in [0.2, 0.25) is 0 Å². The summed E-state index contributed by atoms with van der Waals surface area (Å²) in [7, 11) is 0. The van der Waals surface area contributed by atoms with E-state index in [1.54, 1.807) is 0 Å². The maximum absolute atomic E-state index is 11.0. The summed E-state index contributed by atoms with van der Waals surface area (Å²) in [6.07, 6.45) is 1.71. The highest BCUT2D eigenvalue weighted by Gasteiger charge is 2.24. The third-order valence-electron chi connectivity index (χ3n) is 6.07. The molecule has 8 heteroatoms. The van der Waals surface area contributed by atoms with Gasteiger partial charge in [-0.2, -0.15) is 0 Å². The van der Waals surface area contributed by atoms with Gasteiger partial charge in [-0.15, -0.1) is 5.10 Å². The van der Waals surface area contributed by atoms with Gasteiger partial charge in [0.25, 0.3) is 0 Å². The Morgan fingerprint density at radius 2 is 1.80 bits per heavy atom. The number of nitrogens with zero attached hydrogens (tertiary/aromatic N) is 5. The van der Waals surface area contributed by atoms with Crippen LogP contribution in [0.1, 0.15) is 18.4 Å². The highest BCUT2D eigenvalue weighted by atomic mass is 35.5. The van der Waals surface area contributed by atoms with Crippen LogP contribution in [0.15, 0.2) is 36.4 Å². The van der Waals surface area contributed by atoms with Gasteiger partial charge < -0.3 is 10.0 Å². The lowest BCUT2D eigenvalue weighted by molar-refractivity contribution is 0.103. The van der Waals surface area contributed by atoms with Crippen LogP contribution in [0.25, 0.3) is 22.2 Å². The molecular formula is C22H24ClN5O2. The molecule has 2 aromatic carbocycles. The number of hydrogen-bond donors (Lipinski definition) is 1. The molecule has 1 saturated carbocycles. The molecule has 0 atom stereocenters. The quantitative estimate of drug-likeness (QED) is 0.669. The lowest BCUT2D eigenvalue weighted by atomic mass is 10.0. The molecule has 2 fully saturated rings. The van der Waals surface area contributed by atoms with Crippen LogP contribution in [0.5, 0.6) is 0 Å². The van der Waals surface area contributed by atoms with Crippen molar-refractivity contribution in [1.82, 2.24) is 24.8 Å². The molecule has 30 heavy (non-hydrogen) atoms. The van der Waals surface area contributed by atoms with Gasteiger partial charge in [0.05, 0.1) is 10.5 Å². The number of rotatable bonds is 5. The van der Waals surface area contributed by atoms with Crippen molar-refractivity contribution in [3.8, 4) is 11.1 Å². The van der Waals surface area contributed by atoms with Crippen molar-refractivity contribution in [2.45, 2.75) is 25.9 Å². The van der Waals surface area contributed by atoms with Crippen molar-refractivity contribution in [3.63, 3.8) is 0 Å². The predicted molar refractivity (Wildman–Crippen MR) is 116 cm³/mol. The molecule has 1 aromatic heterocycles. The van der Waals surface area contributed by atoms with E-state index in [0.717, 1.165) is 54.3 Å². The first-order chi connectivity index (χ1) is 14.6. The summed E-state index contributed by atoms with van der Waals surface area (Å²) in [6.45, 7) is 4.37. The first-order valence-corrected chi connectivity index (χ1v) is 10.8. The summed E-state index contributed by atoms with van der Waals surface area (Å²) in [5.74, 6) is 0.730. The molecule has 1 N–H and O–H groups in total. The van der Waals surface area contributed by atoms with Gasteiger partial charge in [0.15, 0.2) is 0 Å². The van der Waals surface area contributed by atoms with Crippen LogP contribution in [0, 0.1) is 5.92 Å². The predicted octanol–water partition coefficient (Wildman–Crippen LogP) is 3.96. The fraction of sp³-hybridized carbons (Fsp3) is 0.409. The number of fused-ring (bicyclic) bond motifs is 1. The maximum atomic E-state index is 11.0. The zero-order chi connectivity index (χ0) is 20.7. The summed E-state index contributed by atoms with van der Waals surface area (Å²) >= 11 is 6.70. The van der Waals surface area contributed by atoms with Crippen molar-refractivity contribution in [2.24, 2.45) is 5.92 Å². The van der Waals surface area contributed by atoms with Crippen LogP contribution in [0.2, 0.25) is 5.02 Å². The lowest BCUT2D eigenvalue weighted by Gasteiger charge is -2.33. The molecular weight excluding hydrogens is 402 g/mol. The van der Waals surface area contributed by atoms with Crippen LogP contribution in [-0.4, -0.2) is 62.2 Å². The topological polar surface area (TPSA) is 74.5 Å². The molecule has 7 nitrogen and oxygen atoms in total. The number of benzene rings is 2. The number of halogens is 1. The van der Waals surface area contributed by atoms with Gasteiger partial charge >= 0.3 is 6.09 Å². The van der Waals surface area contributed by atoms with Gasteiger partial charge in [-0.05, 0) is 36.0 Å². The van der Waals surface area contributed by atoms with E-state index in [1.807, 2.05) is 4.68 Å². The van der Waals surface area contributed by atoms with E-state index in [2.05, 4.69) is 51.6 Å². The summed E-state index contributed by atoms with van der Waals surface area (Å²) in [5.41, 5.74) is 4.97. The highest BCUT2D eigenvalue weighted by Crippen LogP contribution is 2.35. The van der Waals surface area contributed by atoms with E-state index < -0.39 is 6.09 Å². The van der Waals surface area contributed by atoms with Crippen molar-refractivity contribution in [3.05, 3.63) is 47.0 Å². The normalized spacial score (nSPS) is 17.6. The van der Waals surface area contributed by atoms with E-state index in [9.17, 15) is 4.79 Å². The van der Waals surface area contributed by atoms with Crippen LogP contribution >= 0.6 is 11.6 Å². The average molecular weight is 426 g/mol. The molecule has 0 radical (unpaired) electrons. The third kappa shape index (κ3) is 3.87. The molecule has 1 amide bonds. The van der Waals surface area contributed by atoms with E-state index in [4.69, 9.17) is 16.7 Å². The minimum Gasteiger partial charge on any atom is -0.465 e. The Bertz CT molecular complexity index is 1070. The lowest BCUT2D eigenvalue weighted by Crippen LogP contribution is -2.47. The first kappa shape index (κ1) is 19.3. The number of amides is 1. The average Bonchev–Trinajstić information content (AvgIpc) is 3.48. The van der Waals surface area contributed by atoms with Gasteiger partial charge in [-0.25, -0.2) is 9.48 Å². The minimum absolute atomic E-state index is 0.560. The van der Waals surface area contributed by atoms with E-state index in [-0.39, 0.29) is 0 Å². The second kappa shape index (κ2) is 7.89. The summed E-state index contributed by atoms with van der Waals surface area (Å²) in [6, 6.07) is 12.5. The van der Waals surface area contributed by atoms with Crippen LogP contribution in [-0.2, 0) is 13.1 Å². The van der Waals surface area contributed by atoms with Crippen molar-refractivity contribution < 1.29 is 9.90 Å². The second-order valence-electron chi connectivity index (χ2n) is 8.25. The largest absolute Gasteiger partial charge is 0.465 e. The fourth-order valence-electron chi connectivity index (χ4n) is 4.05. The Kier molecular flexibility index (Phi) is 5.08. The van der Waals surface area contributed by atoms with Gasteiger partial charge in [-0.3, -0.25) is 4.90 Å². The number of carbonyl (C=O) groups is 1. The number of aromatic nitrogens is 3. The Labute approximate surface area is 179 Å². The Morgan fingerprint density at radius 1 is 1.07 bits per heavy atom. The summed E-state index contributed by atoms with van der Waals surface area (Å²) < 4.78 is 1.97. The molecule has 1 aliphatic carbocycles. The Balaban J connectivity index is 1.30. The molecule has 2 heterocycles. The van der Waals surface area contributed by atoms with Crippen LogP contribution < -0.4 is 0 Å². The summed E-state index contributed by atoms with van der Waals surface area (Å²) in [4.78, 5) is 14.8. The molecule has 0 bridgehead atoms. The zero-order valence-corrected chi connectivity index (χ0v) is 17.4. The third-order valence-corrected chi connectivity index (χ3v) is 6.45. The summed E-state index contributed by atoms with van der Waals surface area (Å²) in [5, 5.41) is 18.3. The second-order valence-corrected chi connectivity index (χ2v) is 8.63. The maximum Gasteiger partial charge on any atom is 0.407 e. The molecule has 0 unspecified atom stereocenters. The number of piperazine rings is 1. The number of carboxylic acid groups (broad SMARTS) is 1. The van der Waals surface area contributed by atoms with Crippen molar-refractivity contribution in [2.75, 3.05) is 26.2 Å². The Hall–Kier alpha value is -2.64. The monoisotopic (exact) mass is 425 g/mol. The van der Waals surface area contributed by atoms with Crippen molar-refractivity contribution >= 4 is 28.7 Å². The molecule has 1 aliphatic heterocycles. The van der Waals surface area contributed by atoms with Crippen LogP contribution in [0.3, 0.4) is 0 Å². The number of hydrogen-bond acceptors (Lipinski definition) is 4. The van der Waals surface area contributed by atoms with Gasteiger partial charge in [0, 0.05) is 44.8 Å². The molecule has 0 spiro atoms. The van der Waals surface area contributed by atoms with Gasteiger partial charge in [-0.1, -0.05) is 47.1 Å². The SMILES string of the molecule is O=C(O)N1CCN(Cc2ccc(-c3ccc4c(nnn4CC4CC4)c3Cl)cc2)CC1. The highest BCUT2D eigenvalue weighted by molar-refractivity contribution is 6.37. The first-order valence-electron chi connectivity index (χ1n) is 10.4. The smallest absolute Gasteiger partial charge is 0.407 e. The molecule has 156 valence electrons. The molecule has 5 rings (SSSR count). The van der Waals surface area contributed by atoms with Crippen molar-refractivity contribution in [1.29, 1.82) is 0 Å². The van der Waals surface area contributed by atoms with Crippen LogP contribution in [0.4, 0.5) is 4.79 Å². The van der Waals surface area contributed by atoms with E-state index in [0.29, 0.717) is 18.1 Å². The molecule has 3 aromatic rings. The fourth-order valence-corrected chi connectivity index (χ4v) is 4.36.